The molecule has 4 atom stereocenters. The Bertz CT molecular complexity index is 1020. The highest BCUT2D eigenvalue weighted by Crippen LogP contribution is 2.52. The van der Waals surface area contributed by atoms with Gasteiger partial charge in [-0.3, -0.25) is 4.79 Å². The summed E-state index contributed by atoms with van der Waals surface area (Å²) in [7, 11) is 1.64. The summed E-state index contributed by atoms with van der Waals surface area (Å²) < 4.78 is 5.34. The lowest BCUT2D eigenvalue weighted by Crippen LogP contribution is -2.55. The van der Waals surface area contributed by atoms with Crippen molar-refractivity contribution in [2.75, 3.05) is 7.11 Å². The maximum Gasteiger partial charge on any atom is 0.229 e. The molecule has 0 aromatic heterocycles. The molecule has 176 valence electrons. The predicted octanol–water partition coefficient (Wildman–Crippen LogP) is 7.96. The summed E-state index contributed by atoms with van der Waals surface area (Å²) >= 11 is 12.6. The zero-order chi connectivity index (χ0) is 24.2. The molecular weight excluding hydrogens is 453 g/mol. The lowest BCUT2D eigenvalue weighted by molar-refractivity contribution is -0.153. The normalized spacial score (nSPS) is 24.5. The minimum atomic E-state index is -0.571. The zero-order valence-corrected chi connectivity index (χ0v) is 21.4. The first-order chi connectivity index (χ1) is 15.8. The number of ether oxygens (including phenoxy) is 1. The van der Waals surface area contributed by atoms with Crippen molar-refractivity contribution in [3.05, 3.63) is 94.2 Å². The monoisotopic (exact) mass is 485 g/mol. The average molecular weight is 486 g/mol. The molecule has 33 heavy (non-hydrogen) atoms. The number of hydrogen-bond donors (Lipinski definition) is 0. The molecule has 2 aromatic carbocycles. The summed E-state index contributed by atoms with van der Waals surface area (Å²) in [5.74, 6) is 0.188. The number of rotatable bonds is 8. The number of carbonyl (C=O) groups excluding carboxylic acids is 1. The van der Waals surface area contributed by atoms with Crippen LogP contribution in [0.5, 0.6) is 0 Å². The summed E-state index contributed by atoms with van der Waals surface area (Å²) in [6.45, 7) is 10.1. The number of hydrogen-bond acceptors (Lipinski definition) is 2. The van der Waals surface area contributed by atoms with Gasteiger partial charge in [0.05, 0.1) is 30.9 Å². The van der Waals surface area contributed by atoms with Crippen LogP contribution in [0.2, 0.25) is 10.0 Å². The van der Waals surface area contributed by atoms with Gasteiger partial charge in [0.15, 0.2) is 0 Å². The van der Waals surface area contributed by atoms with Crippen LogP contribution in [0.4, 0.5) is 0 Å². The molecule has 3 rings (SSSR count). The summed E-state index contributed by atoms with van der Waals surface area (Å²) in [6.07, 6.45) is 5.68. The zero-order valence-electron chi connectivity index (χ0n) is 19.9. The third kappa shape index (κ3) is 5.31. The van der Waals surface area contributed by atoms with Crippen molar-refractivity contribution in [3.8, 4) is 0 Å². The Kier molecular flexibility index (Phi) is 8.31. The highest BCUT2D eigenvalue weighted by Gasteiger charge is 2.51. The number of benzene rings is 2. The lowest BCUT2D eigenvalue weighted by Gasteiger charge is -2.52. The Hall–Kier alpha value is -2.23. The number of likely N-dealkylation sites (tertiary alicyclic amines) is 1. The van der Waals surface area contributed by atoms with Crippen LogP contribution in [-0.4, -0.2) is 24.0 Å². The van der Waals surface area contributed by atoms with Crippen LogP contribution in [0.15, 0.2) is 73.0 Å². The SMILES string of the molecule is C=CCC1(C)CC(c2cccc(Cl)c2)C(c2ccc(Cl)cc2)N([C@@H](CC)/C(C)=C/OC)C1=O. The molecule has 0 spiro atoms. The molecule has 3 nitrogen and oxygen atoms in total. The minimum Gasteiger partial charge on any atom is -0.504 e. The van der Waals surface area contributed by atoms with Gasteiger partial charge in [-0.2, -0.15) is 0 Å². The highest BCUT2D eigenvalue weighted by molar-refractivity contribution is 6.30. The fourth-order valence-electron chi connectivity index (χ4n) is 5.23. The van der Waals surface area contributed by atoms with Gasteiger partial charge in [-0.25, -0.2) is 0 Å². The van der Waals surface area contributed by atoms with Crippen molar-refractivity contribution in [3.63, 3.8) is 0 Å². The first-order valence-electron chi connectivity index (χ1n) is 11.4. The Morgan fingerprint density at radius 2 is 1.91 bits per heavy atom. The molecule has 1 aliphatic heterocycles. The first-order valence-corrected chi connectivity index (χ1v) is 12.1. The number of carbonyl (C=O) groups is 1. The molecule has 0 bridgehead atoms. The van der Waals surface area contributed by atoms with Crippen LogP contribution in [0.25, 0.3) is 0 Å². The van der Waals surface area contributed by atoms with Gasteiger partial charge in [0.1, 0.15) is 0 Å². The van der Waals surface area contributed by atoms with Gasteiger partial charge in [0, 0.05) is 16.0 Å². The van der Waals surface area contributed by atoms with E-state index in [1.165, 1.54) is 0 Å². The van der Waals surface area contributed by atoms with Gasteiger partial charge in [-0.1, -0.05) is 67.4 Å². The van der Waals surface area contributed by atoms with Gasteiger partial charge < -0.3 is 9.64 Å². The number of halogens is 2. The van der Waals surface area contributed by atoms with E-state index >= 15 is 0 Å². The van der Waals surface area contributed by atoms with Crippen LogP contribution in [0.3, 0.4) is 0 Å². The van der Waals surface area contributed by atoms with E-state index in [4.69, 9.17) is 27.9 Å². The third-order valence-corrected chi connectivity index (χ3v) is 7.22. The van der Waals surface area contributed by atoms with Gasteiger partial charge in [0.2, 0.25) is 5.91 Å². The van der Waals surface area contributed by atoms with Crippen molar-refractivity contribution < 1.29 is 9.53 Å². The van der Waals surface area contributed by atoms with Crippen molar-refractivity contribution in [2.45, 2.75) is 58.0 Å². The molecule has 0 radical (unpaired) electrons. The summed E-state index contributed by atoms with van der Waals surface area (Å²) in [5.41, 5.74) is 2.62. The van der Waals surface area contributed by atoms with E-state index < -0.39 is 5.41 Å². The molecule has 1 amide bonds. The van der Waals surface area contributed by atoms with Crippen molar-refractivity contribution >= 4 is 29.1 Å². The summed E-state index contributed by atoms with van der Waals surface area (Å²) in [4.78, 5) is 16.3. The molecule has 5 heteroatoms. The number of piperidine rings is 1. The van der Waals surface area contributed by atoms with Crippen molar-refractivity contribution in [2.24, 2.45) is 5.41 Å². The van der Waals surface area contributed by atoms with E-state index in [0.29, 0.717) is 22.9 Å². The van der Waals surface area contributed by atoms with Crippen LogP contribution < -0.4 is 0 Å². The van der Waals surface area contributed by atoms with Crippen LogP contribution in [0, 0.1) is 5.41 Å². The van der Waals surface area contributed by atoms with E-state index in [1.54, 1.807) is 13.4 Å². The Morgan fingerprint density at radius 1 is 1.21 bits per heavy atom. The average Bonchev–Trinajstić information content (AvgIpc) is 2.78. The molecule has 1 saturated heterocycles. The maximum atomic E-state index is 14.2. The van der Waals surface area contributed by atoms with Crippen molar-refractivity contribution in [1.29, 1.82) is 0 Å². The second-order valence-corrected chi connectivity index (χ2v) is 10.0. The van der Waals surface area contributed by atoms with Crippen LogP contribution in [-0.2, 0) is 9.53 Å². The Labute approximate surface area is 208 Å². The van der Waals surface area contributed by atoms with E-state index in [-0.39, 0.29) is 23.9 Å². The lowest BCUT2D eigenvalue weighted by atomic mass is 9.67. The van der Waals surface area contributed by atoms with Gasteiger partial charge in [-0.05, 0) is 67.2 Å². The second kappa shape index (κ2) is 10.8. The quantitative estimate of drug-likeness (QED) is 0.280. The minimum absolute atomic E-state index is 0.0527. The van der Waals surface area contributed by atoms with E-state index in [9.17, 15) is 4.79 Å². The first kappa shape index (κ1) is 25.4. The molecular formula is C28H33Cl2NO2. The number of methoxy groups -OCH3 is 1. The van der Waals surface area contributed by atoms with Gasteiger partial charge >= 0.3 is 0 Å². The summed E-state index contributed by atoms with van der Waals surface area (Å²) in [6, 6.07) is 15.6. The maximum absolute atomic E-state index is 14.2. The molecule has 0 saturated carbocycles. The summed E-state index contributed by atoms with van der Waals surface area (Å²) in [5, 5.41) is 1.37. The third-order valence-electron chi connectivity index (χ3n) is 6.74. The van der Waals surface area contributed by atoms with E-state index in [0.717, 1.165) is 23.1 Å². The fourth-order valence-corrected chi connectivity index (χ4v) is 5.56. The van der Waals surface area contributed by atoms with Crippen molar-refractivity contribution in [1.82, 2.24) is 4.90 Å². The van der Waals surface area contributed by atoms with Crippen LogP contribution in [0.1, 0.15) is 63.1 Å². The highest BCUT2D eigenvalue weighted by atomic mass is 35.5. The molecule has 2 aromatic rings. The molecule has 0 N–H and O–H groups in total. The Balaban J connectivity index is 2.27. The second-order valence-electron chi connectivity index (χ2n) is 9.15. The standard InChI is InChI=1S/C28H33Cl2NO2/c1-6-15-28(4)17-24(21-9-8-10-23(30)16-21)26(20-11-13-22(29)14-12-20)31(27(28)32)25(7-2)19(3)18-33-5/h6,8-14,16,18,24-26H,1,7,15,17H2,2-5H3/b19-18+/t24?,25-,26?,28?/m0/s1. The fraction of sp³-hybridized carbons (Fsp3) is 0.393. The van der Waals surface area contributed by atoms with Crippen LogP contribution >= 0.6 is 23.2 Å². The number of amides is 1. The predicted molar refractivity (Wildman–Crippen MR) is 138 cm³/mol. The molecule has 3 unspecified atom stereocenters. The number of nitrogens with zero attached hydrogens (tertiary/aromatic N) is 1. The van der Waals surface area contributed by atoms with Gasteiger partial charge in [0.25, 0.3) is 0 Å². The molecule has 0 aliphatic carbocycles. The topological polar surface area (TPSA) is 29.5 Å². The van der Waals surface area contributed by atoms with E-state index in [2.05, 4.69) is 31.4 Å². The molecule has 1 aliphatic rings. The largest absolute Gasteiger partial charge is 0.504 e. The van der Waals surface area contributed by atoms with E-state index in [1.807, 2.05) is 55.5 Å². The van der Waals surface area contributed by atoms with Gasteiger partial charge in [-0.15, -0.1) is 6.58 Å². The smallest absolute Gasteiger partial charge is 0.229 e. The molecule has 1 fully saturated rings. The number of allylic oxidation sites excluding steroid dienone is 1. The molecule has 1 heterocycles. The Morgan fingerprint density at radius 3 is 2.48 bits per heavy atom.